The number of aryl methyl sites for hydroxylation is 2. The van der Waals surface area contributed by atoms with Crippen LogP contribution in [0.1, 0.15) is 53.0 Å². The number of rotatable bonds is 7. The average molecular weight is 491 g/mol. The number of amides is 2. The molecule has 1 aromatic carbocycles. The number of carbonyl (C=O) groups is 2. The lowest BCUT2D eigenvalue weighted by atomic mass is 9.92. The molecule has 4 aromatic rings. The molecular formula is C27H30N4O3S. The summed E-state index contributed by atoms with van der Waals surface area (Å²) in [6.45, 7) is 10.4. The second-order valence-electron chi connectivity index (χ2n) is 9.63. The molecule has 0 bridgehead atoms. The van der Waals surface area contributed by atoms with Crippen LogP contribution in [0.2, 0.25) is 0 Å². The Hall–Kier alpha value is -3.65. The Bertz CT molecular complexity index is 1320. The summed E-state index contributed by atoms with van der Waals surface area (Å²) in [5.74, 6) is 0.643. The smallest absolute Gasteiger partial charge is 0.264 e. The standard InChI is InChI=1S/C27H30N4O3S/c1-18-10-11-21(19(2)14-18)31-24(15-23(29-31)27(3,4)5)28-25(32)17-30(16-20-8-6-12-34-20)26(33)22-9-7-13-35-22/h6-15H,16-17H2,1-5H3,(H,28,32). The van der Waals surface area contributed by atoms with Gasteiger partial charge in [-0.25, -0.2) is 4.68 Å². The van der Waals surface area contributed by atoms with E-state index in [0.29, 0.717) is 16.5 Å². The van der Waals surface area contributed by atoms with Crippen LogP contribution in [0, 0.1) is 13.8 Å². The molecule has 8 heteroatoms. The van der Waals surface area contributed by atoms with E-state index in [9.17, 15) is 9.59 Å². The van der Waals surface area contributed by atoms with Crippen LogP contribution in [0.25, 0.3) is 5.69 Å². The van der Waals surface area contributed by atoms with Crippen LogP contribution in [0.4, 0.5) is 5.82 Å². The molecule has 0 saturated carbocycles. The number of hydrogen-bond donors (Lipinski definition) is 1. The van der Waals surface area contributed by atoms with E-state index in [1.54, 1.807) is 29.1 Å². The predicted octanol–water partition coefficient (Wildman–Crippen LogP) is 5.72. The van der Waals surface area contributed by atoms with Gasteiger partial charge in [-0.2, -0.15) is 5.10 Å². The lowest BCUT2D eigenvalue weighted by molar-refractivity contribution is -0.117. The second-order valence-corrected chi connectivity index (χ2v) is 10.6. The lowest BCUT2D eigenvalue weighted by Gasteiger charge is -2.21. The van der Waals surface area contributed by atoms with Gasteiger partial charge in [0.1, 0.15) is 18.1 Å². The number of carbonyl (C=O) groups excluding carboxylic acids is 2. The van der Waals surface area contributed by atoms with Gasteiger partial charge in [0.2, 0.25) is 5.91 Å². The van der Waals surface area contributed by atoms with Crippen LogP contribution in [0.5, 0.6) is 0 Å². The molecule has 182 valence electrons. The van der Waals surface area contributed by atoms with Gasteiger partial charge in [-0.1, -0.05) is 44.5 Å². The van der Waals surface area contributed by atoms with E-state index in [2.05, 4.69) is 32.2 Å². The summed E-state index contributed by atoms with van der Waals surface area (Å²) in [5, 5.41) is 9.66. The molecule has 1 N–H and O–H groups in total. The van der Waals surface area contributed by atoms with Crippen molar-refractivity contribution in [2.45, 2.75) is 46.6 Å². The lowest BCUT2D eigenvalue weighted by Crippen LogP contribution is -2.37. The summed E-state index contributed by atoms with van der Waals surface area (Å²) in [4.78, 5) is 28.4. The Morgan fingerprint density at radius 1 is 1.11 bits per heavy atom. The highest BCUT2D eigenvalue weighted by Gasteiger charge is 2.25. The fraction of sp³-hybridized carbons (Fsp3) is 0.296. The van der Waals surface area contributed by atoms with E-state index in [1.807, 2.05) is 43.5 Å². The number of aromatic nitrogens is 2. The Morgan fingerprint density at radius 3 is 2.54 bits per heavy atom. The topological polar surface area (TPSA) is 80.4 Å². The molecule has 0 aliphatic carbocycles. The molecule has 0 fully saturated rings. The van der Waals surface area contributed by atoms with E-state index in [4.69, 9.17) is 9.52 Å². The molecule has 0 aliphatic rings. The molecule has 0 unspecified atom stereocenters. The molecule has 7 nitrogen and oxygen atoms in total. The highest BCUT2D eigenvalue weighted by molar-refractivity contribution is 7.12. The molecule has 2 amide bonds. The van der Waals surface area contributed by atoms with Crippen molar-refractivity contribution in [2.24, 2.45) is 0 Å². The van der Waals surface area contributed by atoms with E-state index in [1.165, 1.54) is 16.2 Å². The molecule has 4 rings (SSSR count). The normalized spacial score (nSPS) is 11.5. The summed E-state index contributed by atoms with van der Waals surface area (Å²) in [7, 11) is 0. The molecular weight excluding hydrogens is 460 g/mol. The van der Waals surface area contributed by atoms with Crippen LogP contribution in [-0.4, -0.2) is 33.0 Å². The largest absolute Gasteiger partial charge is 0.467 e. The van der Waals surface area contributed by atoms with Gasteiger partial charge in [-0.05, 0) is 49.1 Å². The zero-order chi connectivity index (χ0) is 25.2. The maximum absolute atomic E-state index is 13.2. The molecule has 3 aromatic heterocycles. The number of anilines is 1. The van der Waals surface area contributed by atoms with Gasteiger partial charge >= 0.3 is 0 Å². The third-order valence-corrected chi connectivity index (χ3v) is 6.46. The first-order valence-corrected chi connectivity index (χ1v) is 12.3. The van der Waals surface area contributed by atoms with Crippen LogP contribution >= 0.6 is 11.3 Å². The van der Waals surface area contributed by atoms with Gasteiger partial charge in [0.25, 0.3) is 5.91 Å². The predicted molar refractivity (Wildman–Crippen MR) is 138 cm³/mol. The van der Waals surface area contributed by atoms with Crippen molar-refractivity contribution < 1.29 is 14.0 Å². The van der Waals surface area contributed by atoms with Crippen molar-refractivity contribution in [3.63, 3.8) is 0 Å². The van der Waals surface area contributed by atoms with Crippen LogP contribution in [0.3, 0.4) is 0 Å². The van der Waals surface area contributed by atoms with Gasteiger partial charge in [-0.15, -0.1) is 11.3 Å². The highest BCUT2D eigenvalue weighted by Crippen LogP contribution is 2.28. The maximum Gasteiger partial charge on any atom is 0.264 e. The molecule has 3 heterocycles. The van der Waals surface area contributed by atoms with Crippen molar-refractivity contribution >= 4 is 29.0 Å². The highest BCUT2D eigenvalue weighted by atomic mass is 32.1. The summed E-state index contributed by atoms with van der Waals surface area (Å²) < 4.78 is 7.20. The molecule has 0 aliphatic heterocycles. The fourth-order valence-corrected chi connectivity index (χ4v) is 4.46. The van der Waals surface area contributed by atoms with Crippen molar-refractivity contribution in [3.05, 3.63) is 87.6 Å². The minimum Gasteiger partial charge on any atom is -0.467 e. The zero-order valence-electron chi connectivity index (χ0n) is 20.7. The number of hydrogen-bond acceptors (Lipinski definition) is 5. The Morgan fingerprint density at radius 2 is 1.91 bits per heavy atom. The van der Waals surface area contributed by atoms with Gasteiger partial charge in [0.05, 0.1) is 29.1 Å². The zero-order valence-corrected chi connectivity index (χ0v) is 21.5. The number of nitrogens with zero attached hydrogens (tertiary/aromatic N) is 3. The third-order valence-electron chi connectivity index (χ3n) is 5.61. The quantitative estimate of drug-likeness (QED) is 0.359. The van der Waals surface area contributed by atoms with Crippen molar-refractivity contribution in [1.29, 1.82) is 0 Å². The SMILES string of the molecule is Cc1ccc(-n2nc(C(C)(C)C)cc2NC(=O)CN(Cc2ccco2)C(=O)c2cccs2)c(C)c1. The third kappa shape index (κ3) is 5.71. The average Bonchev–Trinajstić information content (AvgIpc) is 3.55. The summed E-state index contributed by atoms with van der Waals surface area (Å²) >= 11 is 1.34. The first-order valence-electron chi connectivity index (χ1n) is 11.4. The summed E-state index contributed by atoms with van der Waals surface area (Å²) in [6, 6.07) is 15.1. The minimum absolute atomic E-state index is 0.125. The van der Waals surface area contributed by atoms with Crippen molar-refractivity contribution in [3.8, 4) is 5.69 Å². The first-order chi connectivity index (χ1) is 16.6. The monoisotopic (exact) mass is 490 g/mol. The number of nitrogens with one attached hydrogen (secondary N) is 1. The number of thiophene rings is 1. The van der Waals surface area contributed by atoms with Gasteiger partial charge < -0.3 is 14.6 Å². The number of benzene rings is 1. The van der Waals surface area contributed by atoms with Crippen LogP contribution in [0.15, 0.2) is 64.6 Å². The van der Waals surface area contributed by atoms with Gasteiger partial charge in [0, 0.05) is 11.5 Å². The molecule has 0 spiro atoms. The molecule has 35 heavy (non-hydrogen) atoms. The van der Waals surface area contributed by atoms with E-state index >= 15 is 0 Å². The van der Waals surface area contributed by atoms with Gasteiger partial charge in [0.15, 0.2) is 0 Å². The molecule has 0 atom stereocenters. The summed E-state index contributed by atoms with van der Waals surface area (Å²) in [6.07, 6.45) is 1.56. The van der Waals surface area contributed by atoms with E-state index < -0.39 is 0 Å². The number of furan rings is 1. The van der Waals surface area contributed by atoms with E-state index in [0.717, 1.165) is 22.5 Å². The Labute approximate surface area is 209 Å². The molecule has 0 saturated heterocycles. The van der Waals surface area contributed by atoms with Gasteiger partial charge in [-0.3, -0.25) is 9.59 Å². The Kier molecular flexibility index (Phi) is 6.93. The maximum atomic E-state index is 13.2. The minimum atomic E-state index is -0.312. The Balaban J connectivity index is 1.62. The molecule has 0 radical (unpaired) electrons. The summed E-state index contributed by atoms with van der Waals surface area (Å²) in [5.41, 5.74) is 3.75. The fourth-order valence-electron chi connectivity index (χ4n) is 3.77. The van der Waals surface area contributed by atoms with Crippen LogP contribution < -0.4 is 5.32 Å². The first kappa shape index (κ1) is 24.5. The van der Waals surface area contributed by atoms with E-state index in [-0.39, 0.29) is 30.3 Å². The van der Waals surface area contributed by atoms with Crippen molar-refractivity contribution in [1.82, 2.24) is 14.7 Å². The van der Waals surface area contributed by atoms with Crippen molar-refractivity contribution in [2.75, 3.05) is 11.9 Å². The second kappa shape index (κ2) is 9.92. The van der Waals surface area contributed by atoms with Crippen LogP contribution in [-0.2, 0) is 16.8 Å².